The number of anilines is 1. The van der Waals surface area contributed by atoms with Crippen LogP contribution in [0.2, 0.25) is 0 Å². The standard InChI is InChI=1S/C8H9BrN2/c1-5-2-6-4-10-11-8(6)7(9)3-5/h2-3,10-11H,4H2,1H3. The minimum absolute atomic E-state index is 0.912. The summed E-state index contributed by atoms with van der Waals surface area (Å²) in [6, 6.07) is 4.30. The molecule has 0 amide bonds. The summed E-state index contributed by atoms with van der Waals surface area (Å²) in [5, 5.41) is 0. The van der Waals surface area contributed by atoms with Gasteiger partial charge in [-0.1, -0.05) is 6.07 Å². The van der Waals surface area contributed by atoms with E-state index >= 15 is 0 Å². The van der Waals surface area contributed by atoms with Gasteiger partial charge < -0.3 is 5.43 Å². The van der Waals surface area contributed by atoms with Gasteiger partial charge in [0.25, 0.3) is 0 Å². The smallest absolute Gasteiger partial charge is 0.0675 e. The molecule has 1 aromatic carbocycles. The summed E-state index contributed by atoms with van der Waals surface area (Å²) in [4.78, 5) is 0. The van der Waals surface area contributed by atoms with Crippen molar-refractivity contribution in [3.05, 3.63) is 27.7 Å². The van der Waals surface area contributed by atoms with Crippen LogP contribution in [0.15, 0.2) is 16.6 Å². The first-order valence-corrected chi connectivity index (χ1v) is 4.34. The first-order chi connectivity index (χ1) is 5.27. The largest absolute Gasteiger partial charge is 0.320 e. The molecule has 0 saturated heterocycles. The highest BCUT2D eigenvalue weighted by atomic mass is 79.9. The molecule has 1 aliphatic heterocycles. The van der Waals surface area contributed by atoms with Crippen LogP contribution in [-0.4, -0.2) is 0 Å². The van der Waals surface area contributed by atoms with Crippen LogP contribution >= 0.6 is 15.9 Å². The van der Waals surface area contributed by atoms with E-state index < -0.39 is 0 Å². The highest BCUT2D eigenvalue weighted by Crippen LogP contribution is 2.30. The summed E-state index contributed by atoms with van der Waals surface area (Å²) < 4.78 is 1.14. The summed E-state index contributed by atoms with van der Waals surface area (Å²) in [5.74, 6) is 0. The Balaban J connectivity index is 2.60. The lowest BCUT2D eigenvalue weighted by molar-refractivity contribution is 0.859. The van der Waals surface area contributed by atoms with Crippen LogP contribution in [0.1, 0.15) is 11.1 Å². The Kier molecular flexibility index (Phi) is 1.62. The molecule has 2 N–H and O–H groups in total. The van der Waals surface area contributed by atoms with E-state index in [9.17, 15) is 0 Å². The third kappa shape index (κ3) is 1.14. The third-order valence-corrected chi connectivity index (χ3v) is 2.43. The molecule has 0 aliphatic carbocycles. The Morgan fingerprint density at radius 3 is 3.09 bits per heavy atom. The molecule has 0 spiro atoms. The molecule has 1 heterocycles. The number of hydrogen-bond acceptors (Lipinski definition) is 2. The van der Waals surface area contributed by atoms with Gasteiger partial charge in [-0.25, -0.2) is 5.43 Å². The van der Waals surface area contributed by atoms with Crippen LogP contribution in [0.5, 0.6) is 0 Å². The van der Waals surface area contributed by atoms with Gasteiger partial charge in [-0.2, -0.15) is 0 Å². The van der Waals surface area contributed by atoms with E-state index in [0.29, 0.717) is 0 Å². The van der Waals surface area contributed by atoms with Gasteiger partial charge in [-0.15, -0.1) is 0 Å². The first-order valence-electron chi connectivity index (χ1n) is 3.55. The van der Waals surface area contributed by atoms with E-state index in [2.05, 4.69) is 45.8 Å². The van der Waals surface area contributed by atoms with E-state index in [1.807, 2.05) is 0 Å². The maximum Gasteiger partial charge on any atom is 0.0675 e. The lowest BCUT2D eigenvalue weighted by atomic mass is 10.1. The van der Waals surface area contributed by atoms with Gasteiger partial charge in [0.2, 0.25) is 0 Å². The summed E-state index contributed by atoms with van der Waals surface area (Å²) in [6.45, 7) is 3.01. The van der Waals surface area contributed by atoms with Gasteiger partial charge in [-0.05, 0) is 40.0 Å². The third-order valence-electron chi connectivity index (χ3n) is 1.81. The number of halogens is 1. The van der Waals surface area contributed by atoms with Crippen molar-refractivity contribution in [1.82, 2.24) is 5.43 Å². The molecule has 1 aliphatic rings. The lowest BCUT2D eigenvalue weighted by Gasteiger charge is -2.02. The van der Waals surface area contributed by atoms with Gasteiger partial charge in [0.1, 0.15) is 0 Å². The number of fused-ring (bicyclic) bond motifs is 1. The Morgan fingerprint density at radius 1 is 1.45 bits per heavy atom. The highest BCUT2D eigenvalue weighted by molar-refractivity contribution is 9.10. The maximum atomic E-state index is 3.50. The number of aryl methyl sites for hydroxylation is 1. The molecule has 0 unspecified atom stereocenters. The van der Waals surface area contributed by atoms with Gasteiger partial charge >= 0.3 is 0 Å². The van der Waals surface area contributed by atoms with Crippen LogP contribution in [0.3, 0.4) is 0 Å². The number of nitrogens with one attached hydrogen (secondary N) is 2. The van der Waals surface area contributed by atoms with E-state index in [4.69, 9.17) is 0 Å². The zero-order chi connectivity index (χ0) is 7.84. The molecule has 58 valence electrons. The predicted octanol–water partition coefficient (Wildman–Crippen LogP) is 2.19. The molecule has 0 fully saturated rings. The van der Waals surface area contributed by atoms with Crippen molar-refractivity contribution in [2.75, 3.05) is 5.43 Å². The van der Waals surface area contributed by atoms with E-state index in [0.717, 1.165) is 11.0 Å². The fourth-order valence-electron chi connectivity index (χ4n) is 1.32. The molecule has 0 radical (unpaired) electrons. The monoisotopic (exact) mass is 212 g/mol. The van der Waals surface area contributed by atoms with Gasteiger partial charge in [0.15, 0.2) is 0 Å². The minimum atomic E-state index is 0.912. The maximum absolute atomic E-state index is 3.50. The summed E-state index contributed by atoms with van der Waals surface area (Å²) in [6.07, 6.45) is 0. The Hall–Kier alpha value is -0.540. The van der Waals surface area contributed by atoms with Crippen LogP contribution in [0.4, 0.5) is 5.69 Å². The van der Waals surface area contributed by atoms with Crippen molar-refractivity contribution in [3.63, 3.8) is 0 Å². The molecule has 11 heavy (non-hydrogen) atoms. The molecule has 0 bridgehead atoms. The molecule has 1 aromatic rings. The van der Waals surface area contributed by atoms with E-state index in [-0.39, 0.29) is 0 Å². The molecule has 0 aromatic heterocycles. The molecule has 3 heteroatoms. The van der Waals surface area contributed by atoms with Crippen LogP contribution in [-0.2, 0) is 6.54 Å². The van der Waals surface area contributed by atoms with E-state index in [1.165, 1.54) is 16.8 Å². The molecule has 2 nitrogen and oxygen atoms in total. The van der Waals surface area contributed by atoms with Crippen molar-refractivity contribution in [1.29, 1.82) is 0 Å². The second-order valence-electron chi connectivity index (χ2n) is 2.76. The van der Waals surface area contributed by atoms with E-state index in [1.54, 1.807) is 0 Å². The summed E-state index contributed by atoms with van der Waals surface area (Å²) in [7, 11) is 0. The second-order valence-corrected chi connectivity index (χ2v) is 3.61. The Labute approximate surface area is 74.1 Å². The van der Waals surface area contributed by atoms with Crippen LogP contribution in [0, 0.1) is 6.92 Å². The van der Waals surface area contributed by atoms with Crippen molar-refractivity contribution in [2.24, 2.45) is 0 Å². The fraction of sp³-hybridized carbons (Fsp3) is 0.250. The van der Waals surface area contributed by atoms with Crippen molar-refractivity contribution in [3.8, 4) is 0 Å². The number of rotatable bonds is 0. The Bertz CT molecular complexity index is 296. The first kappa shape index (κ1) is 7.13. The normalized spacial score (nSPS) is 14.4. The molecule has 0 saturated carbocycles. The number of hydrazine groups is 1. The Morgan fingerprint density at radius 2 is 2.27 bits per heavy atom. The zero-order valence-corrected chi connectivity index (χ0v) is 7.83. The van der Waals surface area contributed by atoms with Crippen molar-refractivity contribution >= 4 is 21.6 Å². The molecular weight excluding hydrogens is 204 g/mol. The van der Waals surface area contributed by atoms with Crippen LogP contribution < -0.4 is 10.9 Å². The minimum Gasteiger partial charge on any atom is -0.320 e. The molecular formula is C8H9BrN2. The van der Waals surface area contributed by atoms with Gasteiger partial charge in [-0.3, -0.25) is 0 Å². The quantitative estimate of drug-likeness (QED) is 0.690. The second kappa shape index (κ2) is 2.50. The SMILES string of the molecule is Cc1cc(Br)c2c(c1)CNN2. The summed E-state index contributed by atoms with van der Waals surface area (Å²) in [5.41, 5.74) is 9.97. The topological polar surface area (TPSA) is 24.1 Å². The fourth-order valence-corrected chi connectivity index (χ4v) is 2.04. The lowest BCUT2D eigenvalue weighted by Crippen LogP contribution is -2.11. The number of benzene rings is 1. The highest BCUT2D eigenvalue weighted by Gasteiger charge is 2.12. The van der Waals surface area contributed by atoms with Crippen molar-refractivity contribution < 1.29 is 0 Å². The average Bonchev–Trinajstić information content (AvgIpc) is 2.34. The number of hydrogen-bond donors (Lipinski definition) is 2. The predicted molar refractivity (Wildman–Crippen MR) is 49.3 cm³/mol. The van der Waals surface area contributed by atoms with Gasteiger partial charge in [0.05, 0.1) is 5.69 Å². The molecule has 2 rings (SSSR count). The zero-order valence-electron chi connectivity index (χ0n) is 6.24. The van der Waals surface area contributed by atoms with Crippen molar-refractivity contribution in [2.45, 2.75) is 13.5 Å². The molecule has 0 atom stereocenters. The van der Waals surface area contributed by atoms with Crippen LogP contribution in [0.25, 0.3) is 0 Å². The van der Waals surface area contributed by atoms with Gasteiger partial charge in [0, 0.05) is 11.0 Å². The average molecular weight is 213 g/mol. The summed E-state index contributed by atoms with van der Waals surface area (Å²) >= 11 is 3.50.